The molecule has 0 saturated carbocycles. The van der Waals surface area contributed by atoms with Crippen molar-refractivity contribution in [1.82, 2.24) is 14.9 Å². The van der Waals surface area contributed by atoms with E-state index in [1.807, 2.05) is 12.1 Å². The number of likely N-dealkylation sites (tertiary alicyclic amines) is 1. The monoisotopic (exact) mass is 294 g/mol. The Morgan fingerprint density at radius 3 is 3.11 bits per heavy atom. The van der Waals surface area contributed by atoms with Gasteiger partial charge in [-0.05, 0) is 24.6 Å². The molecule has 1 aliphatic rings. The number of anilines is 1. The van der Waals surface area contributed by atoms with Crippen molar-refractivity contribution in [3.63, 3.8) is 0 Å². The summed E-state index contributed by atoms with van der Waals surface area (Å²) in [4.78, 5) is 11.9. The molecule has 2 aromatic heterocycles. The SMILES string of the molecule is Clc1ccc(CN2CCC(Nc3ccncn3)C2)s1. The van der Waals surface area contributed by atoms with Gasteiger partial charge in [0.25, 0.3) is 0 Å². The zero-order valence-corrected chi connectivity index (χ0v) is 12.0. The summed E-state index contributed by atoms with van der Waals surface area (Å²) in [6.07, 6.45) is 4.47. The van der Waals surface area contributed by atoms with E-state index in [9.17, 15) is 0 Å². The molecule has 1 unspecified atom stereocenters. The molecule has 3 heterocycles. The topological polar surface area (TPSA) is 41.0 Å². The van der Waals surface area contributed by atoms with Crippen LogP contribution in [-0.2, 0) is 6.54 Å². The van der Waals surface area contributed by atoms with Gasteiger partial charge in [0.2, 0.25) is 0 Å². The first-order valence-corrected chi connectivity index (χ1v) is 7.48. The van der Waals surface area contributed by atoms with Gasteiger partial charge in [0, 0.05) is 36.8 Å². The molecule has 19 heavy (non-hydrogen) atoms. The molecule has 3 rings (SSSR count). The molecular weight excluding hydrogens is 280 g/mol. The van der Waals surface area contributed by atoms with Crippen LogP contribution in [0.25, 0.3) is 0 Å². The van der Waals surface area contributed by atoms with Gasteiger partial charge in [0.1, 0.15) is 12.1 Å². The third-order valence-corrected chi connectivity index (χ3v) is 4.43. The normalized spacial score (nSPS) is 19.7. The molecule has 1 aliphatic heterocycles. The molecule has 4 nitrogen and oxygen atoms in total. The van der Waals surface area contributed by atoms with E-state index in [2.05, 4.69) is 26.3 Å². The number of aromatic nitrogens is 2. The van der Waals surface area contributed by atoms with Gasteiger partial charge < -0.3 is 5.32 Å². The number of hydrogen-bond acceptors (Lipinski definition) is 5. The summed E-state index contributed by atoms with van der Waals surface area (Å²) in [6.45, 7) is 3.14. The van der Waals surface area contributed by atoms with E-state index in [-0.39, 0.29) is 0 Å². The molecule has 0 bridgehead atoms. The summed E-state index contributed by atoms with van der Waals surface area (Å²) < 4.78 is 0.866. The maximum Gasteiger partial charge on any atom is 0.129 e. The number of halogens is 1. The summed E-state index contributed by atoms with van der Waals surface area (Å²) in [5.41, 5.74) is 0. The predicted molar refractivity (Wildman–Crippen MR) is 78.7 cm³/mol. The van der Waals surface area contributed by atoms with Crippen molar-refractivity contribution < 1.29 is 0 Å². The Hall–Kier alpha value is -1.17. The standard InChI is InChI=1S/C13H15ClN4S/c14-12-2-1-11(19-12)8-18-6-4-10(7-18)17-13-3-5-15-9-16-13/h1-3,5,9-10H,4,6-8H2,(H,15,16,17). The number of thiophene rings is 1. The van der Waals surface area contributed by atoms with Gasteiger partial charge >= 0.3 is 0 Å². The molecule has 0 spiro atoms. The van der Waals surface area contributed by atoms with E-state index >= 15 is 0 Å². The molecule has 0 radical (unpaired) electrons. The molecule has 100 valence electrons. The minimum absolute atomic E-state index is 0.463. The van der Waals surface area contributed by atoms with E-state index in [1.165, 1.54) is 4.88 Å². The molecule has 1 N–H and O–H groups in total. The zero-order chi connectivity index (χ0) is 13.1. The Morgan fingerprint density at radius 1 is 1.42 bits per heavy atom. The van der Waals surface area contributed by atoms with E-state index in [1.54, 1.807) is 23.9 Å². The van der Waals surface area contributed by atoms with E-state index in [4.69, 9.17) is 11.6 Å². The fourth-order valence-corrected chi connectivity index (χ4v) is 3.47. The number of nitrogens with zero attached hydrogens (tertiary/aromatic N) is 3. The first-order chi connectivity index (χ1) is 9.29. The van der Waals surface area contributed by atoms with Gasteiger partial charge in [-0.15, -0.1) is 11.3 Å². The van der Waals surface area contributed by atoms with Crippen LogP contribution in [0.1, 0.15) is 11.3 Å². The second-order valence-corrected chi connectivity index (χ2v) is 6.47. The molecule has 6 heteroatoms. The van der Waals surface area contributed by atoms with Crippen molar-refractivity contribution in [2.24, 2.45) is 0 Å². The average Bonchev–Trinajstić information content (AvgIpc) is 3.01. The summed E-state index contributed by atoms with van der Waals surface area (Å²) >= 11 is 7.62. The highest BCUT2D eigenvalue weighted by Gasteiger charge is 2.22. The lowest BCUT2D eigenvalue weighted by Gasteiger charge is -2.16. The van der Waals surface area contributed by atoms with Crippen molar-refractivity contribution in [3.8, 4) is 0 Å². The van der Waals surface area contributed by atoms with Crippen LogP contribution in [0.15, 0.2) is 30.7 Å². The highest BCUT2D eigenvalue weighted by Crippen LogP contribution is 2.24. The predicted octanol–water partition coefficient (Wildman–Crippen LogP) is 2.88. The third kappa shape index (κ3) is 3.43. The lowest BCUT2D eigenvalue weighted by Crippen LogP contribution is -2.26. The minimum atomic E-state index is 0.463. The quantitative estimate of drug-likeness (QED) is 0.941. The van der Waals surface area contributed by atoms with E-state index < -0.39 is 0 Å². The second kappa shape index (κ2) is 5.86. The Morgan fingerprint density at radius 2 is 2.37 bits per heavy atom. The Bertz CT molecular complexity index is 530. The van der Waals surface area contributed by atoms with Crippen LogP contribution < -0.4 is 5.32 Å². The smallest absolute Gasteiger partial charge is 0.129 e. The van der Waals surface area contributed by atoms with Crippen LogP contribution in [0.2, 0.25) is 4.34 Å². The number of hydrogen-bond donors (Lipinski definition) is 1. The minimum Gasteiger partial charge on any atom is -0.366 e. The first-order valence-electron chi connectivity index (χ1n) is 6.29. The molecular formula is C13H15ClN4S. The lowest BCUT2D eigenvalue weighted by molar-refractivity contribution is 0.331. The number of nitrogens with one attached hydrogen (secondary N) is 1. The molecule has 0 aromatic carbocycles. The highest BCUT2D eigenvalue weighted by molar-refractivity contribution is 7.16. The van der Waals surface area contributed by atoms with Gasteiger partial charge in [-0.1, -0.05) is 11.6 Å². The van der Waals surface area contributed by atoms with Crippen LogP contribution in [0.4, 0.5) is 5.82 Å². The van der Waals surface area contributed by atoms with Gasteiger partial charge in [-0.2, -0.15) is 0 Å². The van der Waals surface area contributed by atoms with Gasteiger partial charge in [-0.3, -0.25) is 4.90 Å². The zero-order valence-electron chi connectivity index (χ0n) is 10.4. The number of rotatable bonds is 4. The summed E-state index contributed by atoms with van der Waals surface area (Å²) in [5, 5.41) is 3.45. The second-order valence-electron chi connectivity index (χ2n) is 4.67. The van der Waals surface area contributed by atoms with Crippen LogP contribution in [0.3, 0.4) is 0 Å². The fraction of sp³-hybridized carbons (Fsp3) is 0.385. The van der Waals surface area contributed by atoms with Crippen molar-refractivity contribution in [2.75, 3.05) is 18.4 Å². The summed E-state index contributed by atoms with van der Waals surface area (Å²) in [5.74, 6) is 0.904. The lowest BCUT2D eigenvalue weighted by atomic mass is 10.2. The molecule has 1 fully saturated rings. The maximum atomic E-state index is 5.96. The van der Waals surface area contributed by atoms with Crippen LogP contribution in [-0.4, -0.2) is 34.0 Å². The third-order valence-electron chi connectivity index (χ3n) is 3.21. The van der Waals surface area contributed by atoms with Crippen molar-refractivity contribution in [3.05, 3.63) is 39.9 Å². The van der Waals surface area contributed by atoms with Crippen LogP contribution >= 0.6 is 22.9 Å². The van der Waals surface area contributed by atoms with Gasteiger partial charge in [-0.25, -0.2) is 9.97 Å². The van der Waals surface area contributed by atoms with Crippen LogP contribution in [0, 0.1) is 0 Å². The Labute approximate surface area is 121 Å². The highest BCUT2D eigenvalue weighted by atomic mass is 35.5. The van der Waals surface area contributed by atoms with Gasteiger partial charge in [0.15, 0.2) is 0 Å². The Balaban J connectivity index is 1.53. The Kier molecular flexibility index (Phi) is 3.96. The summed E-state index contributed by atoms with van der Waals surface area (Å²) in [6, 6.07) is 6.44. The molecule has 0 aliphatic carbocycles. The van der Waals surface area contributed by atoms with Crippen molar-refractivity contribution >= 4 is 28.8 Å². The average molecular weight is 295 g/mol. The first kappa shape index (κ1) is 12.8. The molecule has 1 atom stereocenters. The van der Waals surface area contributed by atoms with Crippen molar-refractivity contribution in [1.29, 1.82) is 0 Å². The molecule has 2 aromatic rings. The van der Waals surface area contributed by atoms with E-state index in [0.29, 0.717) is 6.04 Å². The molecule has 0 amide bonds. The van der Waals surface area contributed by atoms with Crippen molar-refractivity contribution in [2.45, 2.75) is 19.0 Å². The maximum absolute atomic E-state index is 5.96. The van der Waals surface area contributed by atoms with Gasteiger partial charge in [0.05, 0.1) is 4.34 Å². The molecule has 1 saturated heterocycles. The largest absolute Gasteiger partial charge is 0.366 e. The van der Waals surface area contributed by atoms with Crippen LogP contribution in [0.5, 0.6) is 0 Å². The van der Waals surface area contributed by atoms with E-state index in [0.717, 1.165) is 36.2 Å². The fourth-order valence-electron chi connectivity index (χ4n) is 2.34. The summed E-state index contributed by atoms with van der Waals surface area (Å²) in [7, 11) is 0.